The van der Waals surface area contributed by atoms with Crippen LogP contribution in [0.2, 0.25) is 0 Å². The van der Waals surface area contributed by atoms with Crippen molar-refractivity contribution < 1.29 is 9.53 Å². The molecule has 0 aliphatic carbocycles. The van der Waals surface area contributed by atoms with Crippen molar-refractivity contribution in [1.82, 2.24) is 5.32 Å². The van der Waals surface area contributed by atoms with Crippen LogP contribution in [0.5, 0.6) is 5.75 Å². The molecule has 0 aliphatic rings. The van der Waals surface area contributed by atoms with Gasteiger partial charge in [-0.1, -0.05) is 25.1 Å². The molecule has 1 aromatic rings. The molecule has 0 radical (unpaired) electrons. The van der Waals surface area contributed by atoms with Crippen molar-refractivity contribution in [2.45, 2.75) is 33.3 Å². The quantitative estimate of drug-likeness (QED) is 0.828. The van der Waals surface area contributed by atoms with Gasteiger partial charge in [0.05, 0.1) is 0 Å². The van der Waals surface area contributed by atoms with E-state index in [4.69, 9.17) is 4.74 Å². The van der Waals surface area contributed by atoms with Gasteiger partial charge in [0.15, 0.2) is 6.10 Å². The highest BCUT2D eigenvalue weighted by molar-refractivity contribution is 5.81. The molecule has 0 saturated heterocycles. The number of para-hydroxylation sites is 1. The second kappa shape index (κ2) is 6.16. The van der Waals surface area contributed by atoms with Crippen LogP contribution in [0.3, 0.4) is 0 Å². The average molecular weight is 221 g/mol. The van der Waals surface area contributed by atoms with Crippen molar-refractivity contribution in [3.05, 3.63) is 29.8 Å². The minimum atomic E-state index is -0.402. The largest absolute Gasteiger partial charge is 0.480 e. The summed E-state index contributed by atoms with van der Waals surface area (Å²) in [5.74, 6) is 0.730. The van der Waals surface area contributed by atoms with Gasteiger partial charge in [0, 0.05) is 6.54 Å². The van der Waals surface area contributed by atoms with Gasteiger partial charge in [0.25, 0.3) is 5.91 Å². The monoisotopic (exact) mass is 221 g/mol. The molecule has 3 heteroatoms. The lowest BCUT2D eigenvalue weighted by atomic mass is 10.2. The summed E-state index contributed by atoms with van der Waals surface area (Å²) in [5, 5.41) is 2.77. The van der Waals surface area contributed by atoms with Crippen molar-refractivity contribution in [2.24, 2.45) is 0 Å². The number of hydrogen-bond donors (Lipinski definition) is 1. The van der Waals surface area contributed by atoms with E-state index in [1.165, 1.54) is 0 Å². The molecule has 1 aromatic carbocycles. The fraction of sp³-hybridized carbons (Fsp3) is 0.462. The summed E-state index contributed by atoms with van der Waals surface area (Å²) in [6.45, 7) is 6.45. The minimum absolute atomic E-state index is 0.0479. The third-order valence-electron chi connectivity index (χ3n) is 2.38. The van der Waals surface area contributed by atoms with Crippen LogP contribution in [0.1, 0.15) is 25.8 Å². The smallest absolute Gasteiger partial charge is 0.261 e. The molecule has 3 nitrogen and oxygen atoms in total. The number of carbonyl (C=O) groups is 1. The number of aryl methyl sites for hydroxylation is 1. The molecule has 0 saturated carbocycles. The van der Waals surface area contributed by atoms with Gasteiger partial charge < -0.3 is 10.1 Å². The Morgan fingerprint density at radius 1 is 1.38 bits per heavy atom. The first kappa shape index (κ1) is 12.6. The molecule has 0 fully saturated rings. The first-order valence-electron chi connectivity index (χ1n) is 5.69. The standard InChI is InChI=1S/C13H19NO2/c1-4-11(13(15)14-5-2)16-12-9-7-6-8-10(12)3/h6-9,11H,4-5H2,1-3H3,(H,14,15). The number of hydrogen-bond acceptors (Lipinski definition) is 2. The number of likely N-dealkylation sites (N-methyl/N-ethyl adjacent to an activating group) is 1. The Labute approximate surface area is 96.8 Å². The number of nitrogens with one attached hydrogen (secondary N) is 1. The highest BCUT2D eigenvalue weighted by Gasteiger charge is 2.17. The van der Waals surface area contributed by atoms with Crippen LogP contribution in [0, 0.1) is 6.92 Å². The lowest BCUT2D eigenvalue weighted by Crippen LogP contribution is -2.37. The van der Waals surface area contributed by atoms with Crippen molar-refractivity contribution >= 4 is 5.91 Å². The topological polar surface area (TPSA) is 38.3 Å². The molecule has 1 amide bonds. The lowest BCUT2D eigenvalue weighted by molar-refractivity contribution is -0.128. The number of ether oxygens (including phenoxy) is 1. The van der Waals surface area contributed by atoms with E-state index in [0.717, 1.165) is 11.3 Å². The molecule has 0 aliphatic heterocycles. The van der Waals surface area contributed by atoms with Crippen LogP contribution in [0.15, 0.2) is 24.3 Å². The third-order valence-corrected chi connectivity index (χ3v) is 2.38. The molecule has 0 spiro atoms. The maximum absolute atomic E-state index is 11.7. The van der Waals surface area contributed by atoms with E-state index in [2.05, 4.69) is 5.32 Å². The zero-order chi connectivity index (χ0) is 12.0. The summed E-state index contributed by atoms with van der Waals surface area (Å²) < 4.78 is 5.70. The van der Waals surface area contributed by atoms with Crippen LogP contribution < -0.4 is 10.1 Å². The number of amides is 1. The van der Waals surface area contributed by atoms with Gasteiger partial charge in [0.2, 0.25) is 0 Å². The van der Waals surface area contributed by atoms with Crippen LogP contribution in [-0.2, 0) is 4.79 Å². The number of rotatable bonds is 5. The maximum atomic E-state index is 11.7. The van der Waals surface area contributed by atoms with Crippen LogP contribution >= 0.6 is 0 Å². The third kappa shape index (κ3) is 3.26. The van der Waals surface area contributed by atoms with Crippen LogP contribution in [0.4, 0.5) is 0 Å². The molecule has 1 N–H and O–H groups in total. The second-order valence-electron chi connectivity index (χ2n) is 3.67. The predicted molar refractivity (Wildman–Crippen MR) is 64.6 cm³/mol. The normalized spacial score (nSPS) is 11.9. The average Bonchev–Trinajstić information content (AvgIpc) is 2.28. The molecular weight excluding hydrogens is 202 g/mol. The summed E-state index contributed by atoms with van der Waals surface area (Å²) in [4.78, 5) is 11.7. The van der Waals surface area contributed by atoms with E-state index < -0.39 is 6.10 Å². The van der Waals surface area contributed by atoms with Crippen LogP contribution in [-0.4, -0.2) is 18.6 Å². The highest BCUT2D eigenvalue weighted by atomic mass is 16.5. The van der Waals surface area contributed by atoms with Gasteiger partial charge in [-0.25, -0.2) is 0 Å². The molecule has 88 valence electrons. The van der Waals surface area contributed by atoms with Crippen molar-refractivity contribution in [1.29, 1.82) is 0 Å². The maximum Gasteiger partial charge on any atom is 0.261 e. The van der Waals surface area contributed by atoms with Gasteiger partial charge in [-0.15, -0.1) is 0 Å². The SMILES string of the molecule is CCNC(=O)C(CC)Oc1ccccc1C. The molecule has 1 rings (SSSR count). The van der Waals surface area contributed by atoms with Crippen molar-refractivity contribution in [3.8, 4) is 5.75 Å². The predicted octanol–water partition coefficient (Wildman–Crippen LogP) is 2.29. The Morgan fingerprint density at radius 3 is 2.62 bits per heavy atom. The fourth-order valence-corrected chi connectivity index (χ4v) is 1.45. The van der Waals surface area contributed by atoms with Gasteiger partial charge in [0.1, 0.15) is 5.75 Å². The molecular formula is C13H19NO2. The Bertz CT molecular complexity index is 350. The first-order valence-corrected chi connectivity index (χ1v) is 5.69. The van der Waals surface area contributed by atoms with Crippen molar-refractivity contribution in [3.63, 3.8) is 0 Å². The molecule has 16 heavy (non-hydrogen) atoms. The number of carbonyl (C=O) groups excluding carboxylic acids is 1. The second-order valence-corrected chi connectivity index (χ2v) is 3.67. The zero-order valence-electron chi connectivity index (χ0n) is 10.1. The summed E-state index contributed by atoms with van der Waals surface area (Å²) in [6, 6.07) is 7.72. The van der Waals surface area contributed by atoms with E-state index >= 15 is 0 Å². The fourth-order valence-electron chi connectivity index (χ4n) is 1.45. The van der Waals surface area contributed by atoms with E-state index in [1.807, 2.05) is 45.0 Å². The first-order chi connectivity index (χ1) is 7.69. The van der Waals surface area contributed by atoms with E-state index in [0.29, 0.717) is 13.0 Å². The van der Waals surface area contributed by atoms with Gasteiger partial charge in [-0.3, -0.25) is 4.79 Å². The Hall–Kier alpha value is -1.51. The van der Waals surface area contributed by atoms with E-state index in [1.54, 1.807) is 0 Å². The molecule has 1 atom stereocenters. The van der Waals surface area contributed by atoms with Gasteiger partial charge >= 0.3 is 0 Å². The van der Waals surface area contributed by atoms with E-state index in [-0.39, 0.29) is 5.91 Å². The van der Waals surface area contributed by atoms with Crippen LogP contribution in [0.25, 0.3) is 0 Å². The Balaban J connectivity index is 2.70. The summed E-state index contributed by atoms with van der Waals surface area (Å²) >= 11 is 0. The number of benzene rings is 1. The highest BCUT2D eigenvalue weighted by Crippen LogP contribution is 2.18. The van der Waals surface area contributed by atoms with Gasteiger partial charge in [-0.2, -0.15) is 0 Å². The summed E-state index contributed by atoms with van der Waals surface area (Å²) in [6.07, 6.45) is 0.265. The molecule has 0 heterocycles. The van der Waals surface area contributed by atoms with E-state index in [9.17, 15) is 4.79 Å². The van der Waals surface area contributed by atoms with Crippen molar-refractivity contribution in [2.75, 3.05) is 6.54 Å². The Kier molecular flexibility index (Phi) is 4.83. The molecule has 0 bridgehead atoms. The Morgan fingerprint density at radius 2 is 2.06 bits per heavy atom. The summed E-state index contributed by atoms with van der Waals surface area (Å²) in [5.41, 5.74) is 1.05. The molecule has 0 aromatic heterocycles. The zero-order valence-corrected chi connectivity index (χ0v) is 10.1. The minimum Gasteiger partial charge on any atom is -0.480 e. The lowest BCUT2D eigenvalue weighted by Gasteiger charge is -2.17. The summed E-state index contributed by atoms with van der Waals surface area (Å²) in [7, 11) is 0. The van der Waals surface area contributed by atoms with Gasteiger partial charge in [-0.05, 0) is 31.9 Å². The molecule has 1 unspecified atom stereocenters.